The standard InChI is InChI=1S/C28H31N3O5/c1-20-11-13-21(14-12-20)19-31(25(32)18-30-27(33)24-10-6-16-36-24)26(22-7-3-2-4-8-22)28(34)29-17-23-9-5-15-35-23/h2-4,6-8,10-14,16,23,26H,5,9,15,17-19H2,1H3,(H,29,34)(H,30,33)/t23-,26-/m1/s1. The third-order valence-electron chi connectivity index (χ3n) is 6.14. The molecule has 2 heterocycles. The van der Waals surface area contributed by atoms with Gasteiger partial charge in [-0.15, -0.1) is 0 Å². The molecule has 0 bridgehead atoms. The van der Waals surface area contributed by atoms with Gasteiger partial charge in [-0.2, -0.15) is 0 Å². The number of nitrogens with one attached hydrogen (secondary N) is 2. The molecule has 3 aromatic rings. The van der Waals surface area contributed by atoms with Crippen LogP contribution in [0.2, 0.25) is 0 Å². The van der Waals surface area contributed by atoms with Crippen molar-refractivity contribution in [2.24, 2.45) is 0 Å². The second kappa shape index (κ2) is 12.2. The van der Waals surface area contributed by atoms with E-state index in [1.807, 2.05) is 61.5 Å². The van der Waals surface area contributed by atoms with Crippen LogP contribution >= 0.6 is 0 Å². The summed E-state index contributed by atoms with van der Waals surface area (Å²) in [5.74, 6) is -1.07. The SMILES string of the molecule is Cc1ccc(CN(C(=O)CNC(=O)c2ccco2)[C@@H](C(=O)NC[C@H]2CCCO2)c2ccccc2)cc1. The molecule has 1 aliphatic heterocycles. The van der Waals surface area contributed by atoms with Crippen LogP contribution in [-0.4, -0.2) is 48.4 Å². The fourth-order valence-electron chi connectivity index (χ4n) is 4.19. The molecule has 4 rings (SSSR count). The molecule has 3 amide bonds. The smallest absolute Gasteiger partial charge is 0.287 e. The Bertz CT molecular complexity index is 1140. The maximum Gasteiger partial charge on any atom is 0.287 e. The van der Waals surface area contributed by atoms with Crippen molar-refractivity contribution in [3.8, 4) is 0 Å². The van der Waals surface area contributed by atoms with Gasteiger partial charge in [0.15, 0.2) is 5.76 Å². The first kappa shape index (κ1) is 25.2. The van der Waals surface area contributed by atoms with Gasteiger partial charge in [-0.3, -0.25) is 14.4 Å². The van der Waals surface area contributed by atoms with E-state index in [1.165, 1.54) is 17.2 Å². The van der Waals surface area contributed by atoms with Crippen molar-refractivity contribution in [1.29, 1.82) is 0 Å². The van der Waals surface area contributed by atoms with Crippen molar-refractivity contribution in [3.05, 3.63) is 95.4 Å². The van der Waals surface area contributed by atoms with Crippen molar-refractivity contribution in [3.63, 3.8) is 0 Å². The highest BCUT2D eigenvalue weighted by molar-refractivity contribution is 5.95. The highest BCUT2D eigenvalue weighted by Gasteiger charge is 2.32. The van der Waals surface area contributed by atoms with Crippen molar-refractivity contribution in [2.75, 3.05) is 19.7 Å². The first-order chi connectivity index (χ1) is 17.5. The topological polar surface area (TPSA) is 101 Å². The number of aryl methyl sites for hydroxylation is 1. The monoisotopic (exact) mass is 489 g/mol. The Kier molecular flexibility index (Phi) is 8.52. The molecule has 1 aromatic heterocycles. The fraction of sp³-hybridized carbons (Fsp3) is 0.321. The van der Waals surface area contributed by atoms with Crippen molar-refractivity contribution in [1.82, 2.24) is 15.5 Å². The largest absolute Gasteiger partial charge is 0.459 e. The maximum absolute atomic E-state index is 13.6. The van der Waals surface area contributed by atoms with E-state index in [-0.39, 0.29) is 30.9 Å². The van der Waals surface area contributed by atoms with Crippen LogP contribution in [0.25, 0.3) is 0 Å². The van der Waals surface area contributed by atoms with Gasteiger partial charge in [-0.1, -0.05) is 60.2 Å². The molecule has 188 valence electrons. The lowest BCUT2D eigenvalue weighted by atomic mass is 10.0. The van der Waals surface area contributed by atoms with Gasteiger partial charge in [0.1, 0.15) is 6.04 Å². The van der Waals surface area contributed by atoms with Gasteiger partial charge < -0.3 is 24.7 Å². The highest BCUT2D eigenvalue weighted by atomic mass is 16.5. The summed E-state index contributed by atoms with van der Waals surface area (Å²) in [6.07, 6.45) is 3.22. The summed E-state index contributed by atoms with van der Waals surface area (Å²) >= 11 is 0. The molecule has 1 saturated heterocycles. The molecule has 0 unspecified atom stereocenters. The van der Waals surface area contributed by atoms with Crippen LogP contribution in [0.5, 0.6) is 0 Å². The quantitative estimate of drug-likeness (QED) is 0.455. The first-order valence-corrected chi connectivity index (χ1v) is 12.1. The zero-order chi connectivity index (χ0) is 25.3. The number of nitrogens with zero attached hydrogens (tertiary/aromatic N) is 1. The number of benzene rings is 2. The van der Waals surface area contributed by atoms with Crippen LogP contribution < -0.4 is 10.6 Å². The summed E-state index contributed by atoms with van der Waals surface area (Å²) < 4.78 is 10.8. The molecular weight excluding hydrogens is 458 g/mol. The van der Waals surface area contributed by atoms with Crippen LogP contribution in [-0.2, 0) is 20.9 Å². The van der Waals surface area contributed by atoms with Gasteiger partial charge in [0, 0.05) is 19.7 Å². The number of carbonyl (C=O) groups is 3. The lowest BCUT2D eigenvalue weighted by Gasteiger charge is -2.32. The molecule has 0 saturated carbocycles. The molecule has 2 atom stereocenters. The predicted molar refractivity (Wildman–Crippen MR) is 134 cm³/mol. The van der Waals surface area contributed by atoms with Crippen LogP contribution in [0.1, 0.15) is 46.1 Å². The van der Waals surface area contributed by atoms with Crippen LogP contribution in [0, 0.1) is 6.92 Å². The average molecular weight is 490 g/mol. The van der Waals surface area contributed by atoms with Gasteiger partial charge in [-0.25, -0.2) is 0 Å². The Morgan fingerprint density at radius 2 is 1.78 bits per heavy atom. The van der Waals surface area contributed by atoms with E-state index < -0.39 is 17.9 Å². The lowest BCUT2D eigenvalue weighted by Crippen LogP contribution is -2.48. The van der Waals surface area contributed by atoms with E-state index in [2.05, 4.69) is 10.6 Å². The van der Waals surface area contributed by atoms with E-state index in [1.54, 1.807) is 6.07 Å². The average Bonchev–Trinajstić information content (AvgIpc) is 3.62. The second-order valence-corrected chi connectivity index (χ2v) is 8.86. The zero-order valence-corrected chi connectivity index (χ0v) is 20.3. The molecule has 0 radical (unpaired) electrons. The minimum Gasteiger partial charge on any atom is -0.459 e. The summed E-state index contributed by atoms with van der Waals surface area (Å²) in [5.41, 5.74) is 2.65. The van der Waals surface area contributed by atoms with Crippen LogP contribution in [0.15, 0.2) is 77.4 Å². The summed E-state index contributed by atoms with van der Waals surface area (Å²) in [6.45, 7) is 2.97. The normalized spacial score (nSPS) is 15.8. The summed E-state index contributed by atoms with van der Waals surface area (Å²) in [7, 11) is 0. The van der Waals surface area contributed by atoms with Gasteiger partial charge in [0.05, 0.1) is 18.9 Å². The van der Waals surface area contributed by atoms with Gasteiger partial charge >= 0.3 is 0 Å². The Morgan fingerprint density at radius 3 is 2.44 bits per heavy atom. The minimum atomic E-state index is -0.887. The van der Waals surface area contributed by atoms with Crippen molar-refractivity contribution >= 4 is 17.7 Å². The minimum absolute atomic E-state index is 0.0285. The molecule has 8 heteroatoms. The summed E-state index contributed by atoms with van der Waals surface area (Å²) in [5, 5.41) is 5.59. The number of hydrogen-bond donors (Lipinski definition) is 2. The molecular formula is C28H31N3O5. The maximum atomic E-state index is 13.6. The molecule has 0 aliphatic carbocycles. The predicted octanol–water partition coefficient (Wildman–Crippen LogP) is 3.38. The van der Waals surface area contributed by atoms with Gasteiger partial charge in [-0.05, 0) is 43.0 Å². The Labute approximate surface area is 210 Å². The Hall–Kier alpha value is -3.91. The highest BCUT2D eigenvalue weighted by Crippen LogP contribution is 2.24. The summed E-state index contributed by atoms with van der Waals surface area (Å²) in [4.78, 5) is 41.0. The first-order valence-electron chi connectivity index (χ1n) is 12.1. The molecule has 36 heavy (non-hydrogen) atoms. The number of rotatable bonds is 10. The Balaban J connectivity index is 1.58. The van der Waals surface area contributed by atoms with E-state index in [0.717, 1.165) is 24.0 Å². The Morgan fingerprint density at radius 1 is 1.00 bits per heavy atom. The second-order valence-electron chi connectivity index (χ2n) is 8.86. The van der Waals surface area contributed by atoms with E-state index in [0.29, 0.717) is 18.7 Å². The van der Waals surface area contributed by atoms with Crippen LogP contribution in [0.4, 0.5) is 0 Å². The number of amides is 3. The number of carbonyl (C=O) groups excluding carboxylic acids is 3. The third-order valence-corrected chi connectivity index (χ3v) is 6.14. The van der Waals surface area contributed by atoms with E-state index in [9.17, 15) is 14.4 Å². The van der Waals surface area contributed by atoms with Crippen molar-refractivity contribution < 1.29 is 23.5 Å². The molecule has 2 aromatic carbocycles. The third kappa shape index (κ3) is 6.60. The molecule has 1 fully saturated rings. The molecule has 0 spiro atoms. The number of furan rings is 1. The van der Waals surface area contributed by atoms with Gasteiger partial charge in [0.2, 0.25) is 11.8 Å². The summed E-state index contributed by atoms with van der Waals surface area (Å²) in [6, 6.07) is 19.2. The fourth-order valence-corrected chi connectivity index (χ4v) is 4.19. The molecule has 1 aliphatic rings. The van der Waals surface area contributed by atoms with E-state index >= 15 is 0 Å². The van der Waals surface area contributed by atoms with Crippen molar-refractivity contribution in [2.45, 2.75) is 38.5 Å². The number of hydrogen-bond acceptors (Lipinski definition) is 5. The van der Waals surface area contributed by atoms with E-state index in [4.69, 9.17) is 9.15 Å². The van der Waals surface area contributed by atoms with Crippen LogP contribution in [0.3, 0.4) is 0 Å². The van der Waals surface area contributed by atoms with Gasteiger partial charge in [0.25, 0.3) is 5.91 Å². The molecule has 2 N–H and O–H groups in total. The molecule has 8 nitrogen and oxygen atoms in total. The zero-order valence-electron chi connectivity index (χ0n) is 20.3. The number of ether oxygens (including phenoxy) is 1. The lowest BCUT2D eigenvalue weighted by molar-refractivity contribution is -0.141.